The number of allylic oxidation sites excluding steroid dienone is 3. The normalized spacial score (nSPS) is 23.1. The molecule has 0 aromatic carbocycles. The van der Waals surface area contributed by atoms with Crippen LogP contribution in [0.4, 0.5) is 0 Å². The molecular weight excluding hydrogens is 152 g/mol. The van der Waals surface area contributed by atoms with Crippen LogP contribution in [0.2, 0.25) is 0 Å². The first-order valence-electron chi connectivity index (χ1n) is 4.43. The summed E-state index contributed by atoms with van der Waals surface area (Å²) in [7, 11) is 0. The van der Waals surface area contributed by atoms with Crippen LogP contribution in [0.25, 0.3) is 0 Å². The summed E-state index contributed by atoms with van der Waals surface area (Å²) in [4.78, 5) is 0. The van der Waals surface area contributed by atoms with Crippen LogP contribution in [0.15, 0.2) is 23.0 Å². The predicted molar refractivity (Wildman–Crippen MR) is 47.1 cm³/mol. The van der Waals surface area contributed by atoms with Gasteiger partial charge in [-0.25, -0.2) is 0 Å². The summed E-state index contributed by atoms with van der Waals surface area (Å²) in [5.41, 5.74) is 3.26. The Balaban J connectivity index is 2.20. The Morgan fingerprint density at radius 2 is 1.67 bits per heavy atom. The first-order chi connectivity index (χ1) is 5.77. The monoisotopic (exact) mass is 166 g/mol. The second kappa shape index (κ2) is 2.73. The van der Waals surface area contributed by atoms with Crippen molar-refractivity contribution in [1.82, 2.24) is 10.6 Å². The van der Waals surface area contributed by atoms with E-state index in [0.717, 1.165) is 18.5 Å². The van der Waals surface area contributed by atoms with Gasteiger partial charge in [-0.3, -0.25) is 0 Å². The summed E-state index contributed by atoms with van der Waals surface area (Å²) in [6, 6.07) is 0. The van der Waals surface area contributed by atoms with Gasteiger partial charge in [-0.2, -0.15) is 0 Å². The lowest BCUT2D eigenvalue weighted by Gasteiger charge is -2.27. The van der Waals surface area contributed by atoms with E-state index >= 15 is 0 Å². The van der Waals surface area contributed by atoms with Crippen molar-refractivity contribution in [3.8, 4) is 0 Å². The van der Waals surface area contributed by atoms with Crippen LogP contribution in [0, 0.1) is 0 Å². The van der Waals surface area contributed by atoms with E-state index in [-0.39, 0.29) is 5.88 Å². The van der Waals surface area contributed by atoms with Gasteiger partial charge in [-0.1, -0.05) is 0 Å². The molecule has 66 valence electrons. The third kappa shape index (κ3) is 1.15. The number of hydrogen-bond acceptors (Lipinski definition) is 3. The maximum Gasteiger partial charge on any atom is 0.208 e. The Kier molecular flexibility index (Phi) is 1.71. The van der Waals surface area contributed by atoms with Crippen LogP contribution >= 0.6 is 0 Å². The summed E-state index contributed by atoms with van der Waals surface area (Å²) in [5, 5.41) is 15.6. The largest absolute Gasteiger partial charge is 0.493 e. The van der Waals surface area contributed by atoms with Crippen LogP contribution < -0.4 is 10.6 Å². The molecule has 0 spiro atoms. The van der Waals surface area contributed by atoms with Crippen molar-refractivity contribution >= 4 is 0 Å². The van der Waals surface area contributed by atoms with Crippen molar-refractivity contribution < 1.29 is 5.11 Å². The minimum Gasteiger partial charge on any atom is -0.493 e. The van der Waals surface area contributed by atoms with Crippen molar-refractivity contribution in [2.75, 3.05) is 0 Å². The number of aliphatic hydroxyl groups is 1. The van der Waals surface area contributed by atoms with Gasteiger partial charge in [-0.15, -0.1) is 0 Å². The van der Waals surface area contributed by atoms with Gasteiger partial charge in [0.15, 0.2) is 0 Å². The Morgan fingerprint density at radius 3 is 2.33 bits per heavy atom. The standard InChI is InChI=1S/C9H14N2O/c1-6-9(12)11-8-5-3-2-4-7(8)10-6/h10-12H,2-5H2,1H3. The molecule has 3 nitrogen and oxygen atoms in total. The second-order valence-electron chi connectivity index (χ2n) is 3.39. The molecule has 1 aliphatic heterocycles. The molecule has 0 aromatic rings. The van der Waals surface area contributed by atoms with Crippen molar-refractivity contribution in [3.05, 3.63) is 23.0 Å². The van der Waals surface area contributed by atoms with Gasteiger partial charge >= 0.3 is 0 Å². The fourth-order valence-electron chi connectivity index (χ4n) is 1.70. The second-order valence-corrected chi connectivity index (χ2v) is 3.39. The molecule has 2 aliphatic rings. The fraction of sp³-hybridized carbons (Fsp3) is 0.556. The molecule has 0 aromatic heterocycles. The number of hydrogen-bond donors (Lipinski definition) is 3. The topological polar surface area (TPSA) is 44.3 Å². The summed E-state index contributed by atoms with van der Waals surface area (Å²) in [6.07, 6.45) is 4.63. The van der Waals surface area contributed by atoms with E-state index in [4.69, 9.17) is 0 Å². The Bertz CT molecular complexity index is 240. The molecule has 2 rings (SSSR count). The maximum atomic E-state index is 9.39. The van der Waals surface area contributed by atoms with E-state index in [1.807, 2.05) is 6.92 Å². The molecule has 1 aliphatic carbocycles. The molecule has 3 N–H and O–H groups in total. The lowest BCUT2D eigenvalue weighted by atomic mass is 10.00. The highest BCUT2D eigenvalue weighted by Gasteiger charge is 2.18. The quantitative estimate of drug-likeness (QED) is 0.513. The first-order valence-corrected chi connectivity index (χ1v) is 4.43. The molecule has 0 radical (unpaired) electrons. The minimum absolute atomic E-state index is 0.274. The van der Waals surface area contributed by atoms with Crippen LogP contribution in [-0.2, 0) is 0 Å². The SMILES string of the molecule is CC1=C(O)NC2=C(CCCC2)N1. The number of aliphatic hydroxyl groups excluding tert-OH is 1. The van der Waals surface area contributed by atoms with Gasteiger partial charge < -0.3 is 15.7 Å². The minimum atomic E-state index is 0.274. The zero-order valence-corrected chi connectivity index (χ0v) is 7.28. The van der Waals surface area contributed by atoms with E-state index in [1.54, 1.807) is 0 Å². The van der Waals surface area contributed by atoms with Crippen LogP contribution in [0.3, 0.4) is 0 Å². The number of nitrogens with one attached hydrogen (secondary N) is 2. The maximum absolute atomic E-state index is 9.39. The summed E-state index contributed by atoms with van der Waals surface area (Å²) in [5.74, 6) is 0.274. The Morgan fingerprint density at radius 1 is 1.08 bits per heavy atom. The average Bonchev–Trinajstić information content (AvgIpc) is 2.07. The molecule has 0 fully saturated rings. The first kappa shape index (κ1) is 7.53. The van der Waals surface area contributed by atoms with E-state index in [0.29, 0.717) is 0 Å². The highest BCUT2D eigenvalue weighted by atomic mass is 16.3. The fourth-order valence-corrected chi connectivity index (χ4v) is 1.70. The van der Waals surface area contributed by atoms with E-state index in [1.165, 1.54) is 24.2 Å². The van der Waals surface area contributed by atoms with Crippen LogP contribution in [-0.4, -0.2) is 5.11 Å². The third-order valence-electron chi connectivity index (χ3n) is 2.43. The molecule has 12 heavy (non-hydrogen) atoms. The van der Waals surface area contributed by atoms with Crippen molar-refractivity contribution in [3.63, 3.8) is 0 Å². The zero-order chi connectivity index (χ0) is 8.55. The van der Waals surface area contributed by atoms with Gasteiger partial charge in [0.1, 0.15) is 0 Å². The van der Waals surface area contributed by atoms with E-state index < -0.39 is 0 Å². The van der Waals surface area contributed by atoms with Crippen LogP contribution in [0.1, 0.15) is 32.6 Å². The van der Waals surface area contributed by atoms with Crippen molar-refractivity contribution in [2.45, 2.75) is 32.6 Å². The van der Waals surface area contributed by atoms with E-state index in [9.17, 15) is 5.11 Å². The summed E-state index contributed by atoms with van der Waals surface area (Å²) in [6.45, 7) is 1.88. The average molecular weight is 166 g/mol. The van der Waals surface area contributed by atoms with E-state index in [2.05, 4.69) is 10.6 Å². The highest BCUT2D eigenvalue weighted by molar-refractivity contribution is 5.26. The van der Waals surface area contributed by atoms with Gasteiger partial charge in [0.2, 0.25) is 5.88 Å². The van der Waals surface area contributed by atoms with Gasteiger partial charge in [0.05, 0.1) is 5.70 Å². The van der Waals surface area contributed by atoms with Gasteiger partial charge in [0, 0.05) is 11.4 Å². The van der Waals surface area contributed by atoms with Gasteiger partial charge in [-0.05, 0) is 32.6 Å². The lowest BCUT2D eigenvalue weighted by Crippen LogP contribution is -2.31. The zero-order valence-electron chi connectivity index (χ0n) is 7.28. The molecule has 0 atom stereocenters. The van der Waals surface area contributed by atoms with Crippen molar-refractivity contribution in [2.24, 2.45) is 0 Å². The smallest absolute Gasteiger partial charge is 0.208 e. The molecular formula is C9H14N2O. The molecule has 0 saturated heterocycles. The Labute approximate surface area is 72.2 Å². The predicted octanol–water partition coefficient (Wildman–Crippen LogP) is 1.71. The molecule has 1 heterocycles. The van der Waals surface area contributed by atoms with Gasteiger partial charge in [0.25, 0.3) is 0 Å². The molecule has 0 bridgehead atoms. The molecule has 3 heteroatoms. The van der Waals surface area contributed by atoms with Crippen LogP contribution in [0.5, 0.6) is 0 Å². The Hall–Kier alpha value is -1.12. The molecule has 0 unspecified atom stereocenters. The molecule has 0 saturated carbocycles. The molecule has 0 amide bonds. The third-order valence-corrected chi connectivity index (χ3v) is 2.43. The highest BCUT2D eigenvalue weighted by Crippen LogP contribution is 2.25. The summed E-state index contributed by atoms with van der Waals surface area (Å²) >= 11 is 0. The lowest BCUT2D eigenvalue weighted by molar-refractivity contribution is 0.351. The van der Waals surface area contributed by atoms with Crippen molar-refractivity contribution in [1.29, 1.82) is 0 Å². The number of rotatable bonds is 0. The summed E-state index contributed by atoms with van der Waals surface area (Å²) < 4.78 is 0.